The monoisotopic (exact) mass is 434 g/mol. The zero-order valence-corrected chi connectivity index (χ0v) is 17.1. The van der Waals surface area contributed by atoms with Crippen molar-refractivity contribution in [3.63, 3.8) is 0 Å². The van der Waals surface area contributed by atoms with E-state index in [-0.39, 0.29) is 16.5 Å². The molecule has 5 aromatic rings. The molecular weight excluding hydrogens is 419 g/mol. The number of halogens is 2. The number of rotatable bonds is 4. The zero-order valence-electron chi connectivity index (χ0n) is 16.3. The Labute approximate surface area is 180 Å². The van der Waals surface area contributed by atoms with Crippen molar-refractivity contribution >= 4 is 39.4 Å². The van der Waals surface area contributed by atoms with Gasteiger partial charge in [-0.25, -0.2) is 19.3 Å². The van der Waals surface area contributed by atoms with Gasteiger partial charge >= 0.3 is 0 Å². The Morgan fingerprint density at radius 2 is 1.94 bits per heavy atom. The molecule has 0 aliphatic heterocycles. The van der Waals surface area contributed by atoms with E-state index in [0.29, 0.717) is 33.7 Å². The molecule has 0 saturated heterocycles. The minimum atomic E-state index is -0.633. The number of fused-ring (bicyclic) bond motifs is 2. The van der Waals surface area contributed by atoms with E-state index in [0.717, 1.165) is 0 Å². The normalized spacial score (nSPS) is 12.4. The Bertz CT molecular complexity index is 1480. The van der Waals surface area contributed by atoms with E-state index in [2.05, 4.69) is 25.3 Å². The van der Waals surface area contributed by atoms with Crippen molar-refractivity contribution in [3.05, 3.63) is 88.1 Å². The van der Waals surface area contributed by atoms with Gasteiger partial charge in [0.2, 0.25) is 0 Å². The molecule has 0 amide bonds. The van der Waals surface area contributed by atoms with Crippen molar-refractivity contribution in [2.75, 3.05) is 5.32 Å². The maximum absolute atomic E-state index is 14.1. The summed E-state index contributed by atoms with van der Waals surface area (Å²) in [5.74, 6) is -0.102. The molecule has 2 N–H and O–H groups in total. The number of H-pyrrole nitrogens is 1. The van der Waals surface area contributed by atoms with Gasteiger partial charge in [0.1, 0.15) is 17.7 Å². The Kier molecular flexibility index (Phi) is 4.63. The highest BCUT2D eigenvalue weighted by Gasteiger charge is 2.20. The topological polar surface area (TPSA) is 88.5 Å². The molecule has 0 bridgehead atoms. The van der Waals surface area contributed by atoms with Crippen molar-refractivity contribution in [2.24, 2.45) is 0 Å². The van der Waals surface area contributed by atoms with E-state index in [4.69, 9.17) is 11.6 Å². The van der Waals surface area contributed by atoms with Gasteiger partial charge in [-0.15, -0.1) is 0 Å². The molecule has 154 valence electrons. The molecule has 0 radical (unpaired) electrons. The van der Waals surface area contributed by atoms with Crippen LogP contribution in [0, 0.1) is 5.82 Å². The molecule has 3 heterocycles. The van der Waals surface area contributed by atoms with Crippen molar-refractivity contribution < 1.29 is 4.39 Å². The first kappa shape index (κ1) is 19.2. The number of aromatic nitrogens is 5. The molecule has 7 nitrogen and oxygen atoms in total. The van der Waals surface area contributed by atoms with Crippen LogP contribution in [0.3, 0.4) is 0 Å². The second kappa shape index (κ2) is 7.48. The number of nitrogens with zero attached hydrogens (tertiary/aromatic N) is 4. The highest BCUT2D eigenvalue weighted by Crippen LogP contribution is 2.29. The fourth-order valence-corrected chi connectivity index (χ4v) is 3.92. The molecule has 1 atom stereocenters. The van der Waals surface area contributed by atoms with Crippen LogP contribution < -0.4 is 10.9 Å². The Morgan fingerprint density at radius 3 is 2.74 bits per heavy atom. The number of para-hydroxylation sites is 1. The van der Waals surface area contributed by atoms with Gasteiger partial charge in [-0.1, -0.05) is 35.9 Å². The van der Waals surface area contributed by atoms with Gasteiger partial charge in [-0.2, -0.15) is 0 Å². The van der Waals surface area contributed by atoms with Crippen LogP contribution in [0.25, 0.3) is 27.6 Å². The lowest BCUT2D eigenvalue weighted by Crippen LogP contribution is -2.26. The summed E-state index contributed by atoms with van der Waals surface area (Å²) in [5, 5.41) is 3.82. The molecule has 9 heteroatoms. The molecule has 0 fully saturated rings. The van der Waals surface area contributed by atoms with Gasteiger partial charge in [-0.05, 0) is 36.6 Å². The number of imidazole rings is 1. The van der Waals surface area contributed by atoms with Crippen molar-refractivity contribution in [1.82, 2.24) is 24.5 Å². The van der Waals surface area contributed by atoms with Gasteiger partial charge in [-0.3, -0.25) is 9.36 Å². The van der Waals surface area contributed by atoms with E-state index >= 15 is 0 Å². The maximum Gasteiger partial charge on any atom is 0.264 e. The molecular formula is C22H16ClFN6O. The summed E-state index contributed by atoms with van der Waals surface area (Å²) < 4.78 is 15.6. The van der Waals surface area contributed by atoms with Crippen molar-refractivity contribution in [2.45, 2.75) is 13.0 Å². The minimum Gasteiger partial charge on any atom is -0.360 e. The molecule has 0 saturated carbocycles. The Hall–Kier alpha value is -3.78. The number of benzene rings is 2. The van der Waals surface area contributed by atoms with E-state index in [9.17, 15) is 9.18 Å². The summed E-state index contributed by atoms with van der Waals surface area (Å²) in [5.41, 5.74) is 2.10. The summed E-state index contributed by atoms with van der Waals surface area (Å²) in [6.07, 6.45) is 2.98. The van der Waals surface area contributed by atoms with Crippen LogP contribution in [0.4, 0.5) is 10.2 Å². The number of aromatic amines is 1. The van der Waals surface area contributed by atoms with Gasteiger partial charge in [0.25, 0.3) is 5.56 Å². The van der Waals surface area contributed by atoms with Crippen LogP contribution >= 0.6 is 11.6 Å². The van der Waals surface area contributed by atoms with Crippen molar-refractivity contribution in [3.8, 4) is 5.69 Å². The number of anilines is 1. The van der Waals surface area contributed by atoms with Crippen LogP contribution in [-0.2, 0) is 0 Å². The SMILES string of the molecule is C[C@@H](Nc1ncnc2[nH]cnc12)c1cc2ccc(F)c(Cl)c2c(=O)n1-c1ccccc1. The third-order valence-electron chi connectivity index (χ3n) is 5.13. The quantitative estimate of drug-likeness (QED) is 0.431. The van der Waals surface area contributed by atoms with Gasteiger partial charge < -0.3 is 10.3 Å². The Balaban J connectivity index is 1.73. The molecule has 2 aromatic carbocycles. The van der Waals surface area contributed by atoms with Crippen LogP contribution in [0.1, 0.15) is 18.7 Å². The van der Waals surface area contributed by atoms with Crippen molar-refractivity contribution in [1.29, 1.82) is 0 Å². The summed E-state index contributed by atoms with van der Waals surface area (Å²) in [6.45, 7) is 1.91. The number of hydrogen-bond donors (Lipinski definition) is 2. The average Bonchev–Trinajstić information content (AvgIpc) is 3.26. The number of pyridine rings is 1. The molecule has 3 aromatic heterocycles. The first-order valence-corrected chi connectivity index (χ1v) is 9.92. The summed E-state index contributed by atoms with van der Waals surface area (Å²) in [6, 6.07) is 13.4. The highest BCUT2D eigenvalue weighted by molar-refractivity contribution is 6.35. The van der Waals surface area contributed by atoms with Crippen LogP contribution in [0.5, 0.6) is 0 Å². The largest absolute Gasteiger partial charge is 0.360 e. The Morgan fingerprint density at radius 1 is 1.13 bits per heavy atom. The third-order valence-corrected chi connectivity index (χ3v) is 5.50. The van der Waals surface area contributed by atoms with Gasteiger partial charge in [0, 0.05) is 11.4 Å². The standard InChI is InChI=1S/C22H16ClFN6O/c1-12(29-21-19-20(26-10-25-19)27-11-28-21)16-9-13-7-8-15(24)18(23)17(13)22(31)30(16)14-5-3-2-4-6-14/h2-12H,1H3,(H2,25,26,27,28,29)/t12-/m1/s1. The van der Waals surface area contributed by atoms with Crippen LogP contribution in [-0.4, -0.2) is 24.5 Å². The molecule has 0 unspecified atom stereocenters. The number of hydrogen-bond acceptors (Lipinski definition) is 5. The smallest absolute Gasteiger partial charge is 0.264 e. The number of nitrogens with one attached hydrogen (secondary N) is 2. The predicted molar refractivity (Wildman–Crippen MR) is 118 cm³/mol. The third kappa shape index (κ3) is 3.21. The zero-order chi connectivity index (χ0) is 21.5. The van der Waals surface area contributed by atoms with E-state index in [1.165, 1.54) is 17.0 Å². The lowest BCUT2D eigenvalue weighted by atomic mass is 10.1. The fourth-order valence-electron chi connectivity index (χ4n) is 3.67. The summed E-state index contributed by atoms with van der Waals surface area (Å²) >= 11 is 6.17. The lowest BCUT2D eigenvalue weighted by Gasteiger charge is -2.21. The first-order chi connectivity index (χ1) is 15.0. The van der Waals surface area contributed by atoms with Crippen LogP contribution in [0.15, 0.2) is 66.0 Å². The predicted octanol–water partition coefficient (Wildman–Crippen LogP) is 4.62. The fraction of sp³-hybridized carbons (Fsp3) is 0.0909. The van der Waals surface area contributed by atoms with E-state index in [1.807, 2.05) is 43.3 Å². The summed E-state index contributed by atoms with van der Waals surface area (Å²) in [4.78, 5) is 29.1. The minimum absolute atomic E-state index is 0.137. The second-order valence-electron chi connectivity index (χ2n) is 7.06. The molecule has 0 spiro atoms. The van der Waals surface area contributed by atoms with Gasteiger partial charge in [0.05, 0.1) is 22.8 Å². The van der Waals surface area contributed by atoms with E-state index in [1.54, 1.807) is 12.4 Å². The van der Waals surface area contributed by atoms with Crippen LogP contribution in [0.2, 0.25) is 5.02 Å². The lowest BCUT2D eigenvalue weighted by molar-refractivity contribution is 0.629. The second-order valence-corrected chi connectivity index (χ2v) is 7.44. The maximum atomic E-state index is 14.1. The highest BCUT2D eigenvalue weighted by atomic mass is 35.5. The van der Waals surface area contributed by atoms with Gasteiger partial charge in [0.15, 0.2) is 11.5 Å². The summed E-state index contributed by atoms with van der Waals surface area (Å²) in [7, 11) is 0. The molecule has 31 heavy (non-hydrogen) atoms. The molecule has 0 aliphatic rings. The average molecular weight is 435 g/mol. The first-order valence-electron chi connectivity index (χ1n) is 9.54. The molecule has 5 rings (SSSR count). The van der Waals surface area contributed by atoms with E-state index < -0.39 is 11.4 Å². The molecule has 0 aliphatic carbocycles.